The molecule has 0 saturated carbocycles. The molecular weight excluding hydrogens is 384 g/mol. The molecule has 1 aromatic heterocycles. The molecule has 3 aromatic carbocycles. The van der Waals surface area contributed by atoms with Crippen LogP contribution in [0.3, 0.4) is 0 Å². The number of aromatic nitrogens is 1. The number of ketones is 1. The van der Waals surface area contributed by atoms with Gasteiger partial charge in [0.15, 0.2) is 17.1 Å². The first kappa shape index (κ1) is 18.9. The van der Waals surface area contributed by atoms with Crippen molar-refractivity contribution in [3.63, 3.8) is 0 Å². The number of nitro groups is 1. The minimum Gasteiger partial charge on any atom is -0.419 e. The van der Waals surface area contributed by atoms with Gasteiger partial charge in [-0.15, -0.1) is 0 Å². The highest BCUT2D eigenvalue weighted by molar-refractivity contribution is 6.32. The van der Waals surface area contributed by atoms with Gasteiger partial charge in [-0.05, 0) is 35.9 Å². The Labute approximate surface area is 170 Å². The van der Waals surface area contributed by atoms with Crippen molar-refractivity contribution in [2.45, 2.75) is 0 Å². The third kappa shape index (κ3) is 3.77. The molecule has 1 heterocycles. The maximum Gasteiger partial charge on any atom is 0.363 e. The second-order valence-electron chi connectivity index (χ2n) is 6.42. The summed E-state index contributed by atoms with van der Waals surface area (Å²) in [6, 6.07) is 20.9. The van der Waals surface area contributed by atoms with Crippen molar-refractivity contribution in [3.8, 4) is 0 Å². The van der Waals surface area contributed by atoms with Crippen LogP contribution in [0.25, 0.3) is 22.7 Å². The maximum atomic E-state index is 13.2. The van der Waals surface area contributed by atoms with Crippen LogP contribution < -0.4 is 5.63 Å². The van der Waals surface area contributed by atoms with Gasteiger partial charge in [0, 0.05) is 17.7 Å². The predicted molar refractivity (Wildman–Crippen MR) is 112 cm³/mol. The lowest BCUT2D eigenvalue weighted by molar-refractivity contribution is -0.384. The summed E-state index contributed by atoms with van der Waals surface area (Å²) in [5, 5.41) is 10.9. The zero-order chi connectivity index (χ0) is 21.1. The van der Waals surface area contributed by atoms with Crippen molar-refractivity contribution >= 4 is 34.2 Å². The molecule has 0 radical (unpaired) electrons. The van der Waals surface area contributed by atoms with Crippen molar-refractivity contribution in [2.24, 2.45) is 0 Å². The Bertz CT molecular complexity index is 1340. The summed E-state index contributed by atoms with van der Waals surface area (Å²) in [4.78, 5) is 40.6. The Morgan fingerprint density at radius 1 is 0.933 bits per heavy atom. The normalized spacial score (nSPS) is 11.4. The topological polar surface area (TPSA) is 103 Å². The molecule has 0 aliphatic rings. The van der Waals surface area contributed by atoms with Crippen LogP contribution in [0.1, 0.15) is 21.6 Å². The predicted octanol–water partition coefficient (Wildman–Crippen LogP) is 4.52. The van der Waals surface area contributed by atoms with Crippen LogP contribution in [0.4, 0.5) is 5.69 Å². The number of fused-ring (bicyclic) bond motifs is 1. The van der Waals surface area contributed by atoms with Crippen molar-refractivity contribution in [2.75, 3.05) is 0 Å². The largest absolute Gasteiger partial charge is 0.419 e. The molecule has 4 aromatic rings. The molecule has 146 valence electrons. The Balaban J connectivity index is 1.90. The number of non-ortho nitro benzene ring substituents is 1. The van der Waals surface area contributed by atoms with Crippen LogP contribution >= 0.6 is 0 Å². The first-order valence-corrected chi connectivity index (χ1v) is 8.99. The summed E-state index contributed by atoms with van der Waals surface area (Å²) < 4.78 is 5.35. The van der Waals surface area contributed by atoms with E-state index in [0.717, 1.165) is 0 Å². The van der Waals surface area contributed by atoms with E-state index in [1.54, 1.807) is 54.6 Å². The van der Waals surface area contributed by atoms with Crippen LogP contribution in [0.5, 0.6) is 0 Å². The number of Topliss-reactive ketones (excluding diaryl/α,β-unsaturated/α-hetero) is 1. The van der Waals surface area contributed by atoms with Crippen LogP contribution in [0.2, 0.25) is 0 Å². The van der Waals surface area contributed by atoms with Crippen molar-refractivity contribution in [3.05, 3.63) is 116 Å². The molecule has 0 bridgehead atoms. The first-order valence-electron chi connectivity index (χ1n) is 8.99. The summed E-state index contributed by atoms with van der Waals surface area (Å²) in [7, 11) is 0. The van der Waals surface area contributed by atoms with Crippen LogP contribution in [0.15, 0.2) is 88.1 Å². The van der Waals surface area contributed by atoms with Gasteiger partial charge in [0.2, 0.25) is 0 Å². The Morgan fingerprint density at radius 3 is 2.30 bits per heavy atom. The van der Waals surface area contributed by atoms with Crippen molar-refractivity contribution in [1.29, 1.82) is 0 Å². The van der Waals surface area contributed by atoms with Crippen LogP contribution in [-0.4, -0.2) is 15.7 Å². The van der Waals surface area contributed by atoms with E-state index in [4.69, 9.17) is 4.42 Å². The highest BCUT2D eigenvalue weighted by Gasteiger charge is 2.21. The number of nitro benzene ring substituents is 1. The number of allylic oxidation sites excluding steroid dienone is 1. The summed E-state index contributed by atoms with van der Waals surface area (Å²) in [6.07, 6.45) is 1.48. The molecule has 0 saturated heterocycles. The lowest BCUT2D eigenvalue weighted by atomic mass is 9.98. The third-order valence-electron chi connectivity index (χ3n) is 4.44. The van der Waals surface area contributed by atoms with Gasteiger partial charge in [0.1, 0.15) is 5.52 Å². The SMILES string of the molecule is O=C(/C(=C\c1ccc([N+](=O)[O-])cc1)c1nc2ccccc2oc1=O)c1ccccc1. The van der Waals surface area contributed by atoms with E-state index < -0.39 is 16.3 Å². The first-order chi connectivity index (χ1) is 14.5. The number of para-hydroxylation sites is 2. The number of benzene rings is 3. The Hall–Kier alpha value is -4.39. The van der Waals surface area contributed by atoms with E-state index in [0.29, 0.717) is 22.2 Å². The monoisotopic (exact) mass is 398 g/mol. The van der Waals surface area contributed by atoms with Gasteiger partial charge < -0.3 is 4.42 Å². The number of nitrogens with zero attached hydrogens (tertiary/aromatic N) is 2. The molecule has 0 aliphatic carbocycles. The number of carbonyl (C=O) groups is 1. The summed E-state index contributed by atoms with van der Waals surface area (Å²) >= 11 is 0. The molecule has 4 rings (SSSR count). The molecule has 7 nitrogen and oxygen atoms in total. The van der Waals surface area contributed by atoms with Gasteiger partial charge in [-0.2, -0.15) is 0 Å². The zero-order valence-electron chi connectivity index (χ0n) is 15.5. The highest BCUT2D eigenvalue weighted by Crippen LogP contribution is 2.23. The molecule has 0 unspecified atom stereocenters. The minimum absolute atomic E-state index is 0.0366. The van der Waals surface area contributed by atoms with Gasteiger partial charge in [0.25, 0.3) is 5.69 Å². The van der Waals surface area contributed by atoms with Gasteiger partial charge in [-0.3, -0.25) is 14.9 Å². The number of rotatable bonds is 5. The molecule has 0 atom stereocenters. The summed E-state index contributed by atoms with van der Waals surface area (Å²) in [5.41, 5.74) is 0.720. The minimum atomic E-state index is -0.744. The average molecular weight is 398 g/mol. The molecule has 0 aliphatic heterocycles. The number of hydrogen-bond donors (Lipinski definition) is 0. The van der Waals surface area contributed by atoms with E-state index >= 15 is 0 Å². The van der Waals surface area contributed by atoms with Crippen molar-refractivity contribution < 1.29 is 14.1 Å². The smallest absolute Gasteiger partial charge is 0.363 e. The van der Waals surface area contributed by atoms with Crippen molar-refractivity contribution in [1.82, 2.24) is 4.98 Å². The van der Waals surface area contributed by atoms with Crippen LogP contribution in [-0.2, 0) is 0 Å². The fourth-order valence-electron chi connectivity index (χ4n) is 2.97. The van der Waals surface area contributed by atoms with E-state index in [-0.39, 0.29) is 17.0 Å². The molecule has 0 N–H and O–H groups in total. The molecular formula is C23H14N2O5. The number of hydrogen-bond acceptors (Lipinski definition) is 6. The lowest BCUT2D eigenvalue weighted by Crippen LogP contribution is -2.15. The standard InChI is InChI=1S/C23H14N2O5/c26-22(16-6-2-1-3-7-16)18(14-15-10-12-17(13-11-15)25(28)29)21-23(27)30-20-9-5-4-8-19(20)24-21/h1-14H/b18-14-. The van der Waals surface area contributed by atoms with E-state index in [1.165, 1.54) is 30.3 Å². The Kier molecular flexibility index (Phi) is 5.00. The van der Waals surface area contributed by atoms with E-state index in [2.05, 4.69) is 4.98 Å². The van der Waals surface area contributed by atoms with Crippen LogP contribution in [0, 0.1) is 10.1 Å². The summed E-state index contributed by atoms with van der Waals surface area (Å²) in [6.45, 7) is 0. The number of carbonyl (C=O) groups excluding carboxylic acids is 1. The van der Waals surface area contributed by atoms with Gasteiger partial charge in [-0.1, -0.05) is 42.5 Å². The quantitative estimate of drug-likeness (QED) is 0.212. The molecule has 0 spiro atoms. The second-order valence-corrected chi connectivity index (χ2v) is 6.42. The molecule has 7 heteroatoms. The third-order valence-corrected chi connectivity index (χ3v) is 4.44. The molecule has 0 fully saturated rings. The fourth-order valence-corrected chi connectivity index (χ4v) is 2.97. The van der Waals surface area contributed by atoms with E-state index in [1.807, 2.05) is 0 Å². The average Bonchev–Trinajstić information content (AvgIpc) is 2.77. The molecule has 30 heavy (non-hydrogen) atoms. The second kappa shape index (κ2) is 7.92. The highest BCUT2D eigenvalue weighted by atomic mass is 16.6. The fraction of sp³-hybridized carbons (Fsp3) is 0. The van der Waals surface area contributed by atoms with Gasteiger partial charge in [-0.25, -0.2) is 9.78 Å². The zero-order valence-corrected chi connectivity index (χ0v) is 15.5. The van der Waals surface area contributed by atoms with Gasteiger partial charge in [0.05, 0.1) is 10.5 Å². The maximum absolute atomic E-state index is 13.2. The van der Waals surface area contributed by atoms with Gasteiger partial charge >= 0.3 is 5.63 Å². The molecule has 0 amide bonds. The Morgan fingerprint density at radius 2 is 1.60 bits per heavy atom. The van der Waals surface area contributed by atoms with E-state index in [9.17, 15) is 19.7 Å². The summed E-state index contributed by atoms with van der Waals surface area (Å²) in [5.74, 6) is -0.413. The lowest BCUT2D eigenvalue weighted by Gasteiger charge is -2.07.